The Kier molecular flexibility index (Phi) is 4.42. The number of amides is 1. The number of aromatic nitrogens is 2. The van der Waals surface area contributed by atoms with Crippen molar-refractivity contribution >= 4 is 16.8 Å². The van der Waals surface area contributed by atoms with Crippen molar-refractivity contribution in [3.63, 3.8) is 0 Å². The Morgan fingerprint density at radius 1 is 1.17 bits per heavy atom. The van der Waals surface area contributed by atoms with E-state index in [4.69, 9.17) is 0 Å². The van der Waals surface area contributed by atoms with E-state index in [-0.39, 0.29) is 18.0 Å². The van der Waals surface area contributed by atoms with Gasteiger partial charge in [-0.25, -0.2) is 0 Å². The fourth-order valence-electron chi connectivity index (χ4n) is 2.54. The van der Waals surface area contributed by atoms with Gasteiger partial charge in [-0.2, -0.15) is 0 Å². The largest absolute Gasteiger partial charge is 0.348 e. The van der Waals surface area contributed by atoms with Crippen LogP contribution in [0.25, 0.3) is 10.9 Å². The van der Waals surface area contributed by atoms with E-state index in [0.29, 0.717) is 17.0 Å². The Hall–Kier alpha value is -2.95. The minimum Gasteiger partial charge on any atom is -0.348 e. The number of rotatable bonds is 4. The molecule has 24 heavy (non-hydrogen) atoms. The number of fused-ring (bicyclic) bond motifs is 1. The van der Waals surface area contributed by atoms with Crippen LogP contribution in [0.15, 0.2) is 53.6 Å². The van der Waals surface area contributed by atoms with Crippen molar-refractivity contribution in [1.29, 1.82) is 0 Å². The van der Waals surface area contributed by atoms with E-state index in [0.717, 1.165) is 10.9 Å². The molecule has 0 saturated carbocycles. The zero-order chi connectivity index (χ0) is 17.1. The Labute approximate surface area is 139 Å². The molecule has 2 aromatic heterocycles. The van der Waals surface area contributed by atoms with Crippen LogP contribution in [-0.4, -0.2) is 15.9 Å². The first kappa shape index (κ1) is 15.9. The number of hydrogen-bond acceptors (Lipinski definition) is 3. The highest BCUT2D eigenvalue weighted by molar-refractivity contribution is 5.94. The van der Waals surface area contributed by atoms with Gasteiger partial charge in [-0.3, -0.25) is 14.6 Å². The first-order chi connectivity index (χ1) is 11.5. The first-order valence-corrected chi connectivity index (χ1v) is 7.88. The molecule has 0 unspecified atom stereocenters. The van der Waals surface area contributed by atoms with Gasteiger partial charge in [0.1, 0.15) is 0 Å². The van der Waals surface area contributed by atoms with Crippen molar-refractivity contribution in [3.8, 4) is 0 Å². The lowest BCUT2D eigenvalue weighted by Crippen LogP contribution is -2.26. The molecule has 1 amide bonds. The summed E-state index contributed by atoms with van der Waals surface area (Å²) in [5.74, 6) is 0.184. The number of hydrogen-bond donors (Lipinski definition) is 2. The Balaban J connectivity index is 1.85. The lowest BCUT2D eigenvalue weighted by atomic mass is 10.0. The molecule has 122 valence electrons. The molecule has 1 aromatic carbocycles. The fourth-order valence-corrected chi connectivity index (χ4v) is 2.54. The van der Waals surface area contributed by atoms with E-state index in [9.17, 15) is 9.59 Å². The van der Waals surface area contributed by atoms with E-state index in [1.54, 1.807) is 24.5 Å². The Bertz CT molecular complexity index is 930. The van der Waals surface area contributed by atoms with Gasteiger partial charge < -0.3 is 10.3 Å². The van der Waals surface area contributed by atoms with Gasteiger partial charge in [0.05, 0.1) is 0 Å². The maximum atomic E-state index is 12.2. The predicted molar refractivity (Wildman–Crippen MR) is 94.1 cm³/mol. The van der Waals surface area contributed by atoms with Crippen molar-refractivity contribution in [3.05, 3.63) is 75.8 Å². The molecule has 2 heterocycles. The summed E-state index contributed by atoms with van der Waals surface area (Å²) in [6, 6.07) is 11.1. The second-order valence-corrected chi connectivity index (χ2v) is 6.04. The number of pyridine rings is 2. The van der Waals surface area contributed by atoms with Crippen LogP contribution in [-0.2, 0) is 6.54 Å². The molecule has 0 bridgehead atoms. The highest BCUT2D eigenvalue weighted by Gasteiger charge is 2.08. The highest BCUT2D eigenvalue weighted by Crippen LogP contribution is 2.19. The number of benzene rings is 1. The molecule has 0 atom stereocenters. The van der Waals surface area contributed by atoms with E-state index in [2.05, 4.69) is 35.2 Å². The maximum Gasteiger partial charge on any atom is 0.253 e. The number of carbonyl (C=O) groups excluding carboxylic acids is 1. The molecule has 0 fully saturated rings. The predicted octanol–water partition coefficient (Wildman–Crippen LogP) is 2.98. The minimum absolute atomic E-state index is 0.179. The average Bonchev–Trinajstić information content (AvgIpc) is 2.60. The van der Waals surface area contributed by atoms with Crippen LogP contribution in [0.1, 0.15) is 41.3 Å². The van der Waals surface area contributed by atoms with Gasteiger partial charge in [-0.15, -0.1) is 0 Å². The van der Waals surface area contributed by atoms with Gasteiger partial charge in [0.15, 0.2) is 0 Å². The number of H-pyrrole nitrogens is 1. The Morgan fingerprint density at radius 3 is 2.62 bits per heavy atom. The quantitative estimate of drug-likeness (QED) is 0.776. The summed E-state index contributed by atoms with van der Waals surface area (Å²) >= 11 is 0. The van der Waals surface area contributed by atoms with E-state index >= 15 is 0 Å². The third-order valence-electron chi connectivity index (χ3n) is 3.99. The van der Waals surface area contributed by atoms with Gasteiger partial charge in [0, 0.05) is 35.6 Å². The van der Waals surface area contributed by atoms with E-state index in [1.165, 1.54) is 5.56 Å². The molecule has 0 spiro atoms. The summed E-state index contributed by atoms with van der Waals surface area (Å²) < 4.78 is 0. The molecular formula is C19H19N3O2. The number of nitrogens with one attached hydrogen (secondary N) is 2. The maximum absolute atomic E-state index is 12.2. The van der Waals surface area contributed by atoms with Gasteiger partial charge >= 0.3 is 0 Å². The molecule has 5 heteroatoms. The lowest BCUT2D eigenvalue weighted by Gasteiger charge is -2.09. The van der Waals surface area contributed by atoms with Crippen molar-refractivity contribution in [1.82, 2.24) is 15.3 Å². The third kappa shape index (κ3) is 3.35. The number of aromatic amines is 1. The van der Waals surface area contributed by atoms with Gasteiger partial charge in [0.2, 0.25) is 0 Å². The van der Waals surface area contributed by atoms with Crippen molar-refractivity contribution in [2.24, 2.45) is 0 Å². The van der Waals surface area contributed by atoms with Crippen LogP contribution in [0.2, 0.25) is 0 Å². The van der Waals surface area contributed by atoms with Crippen LogP contribution in [0.4, 0.5) is 0 Å². The zero-order valence-corrected chi connectivity index (χ0v) is 13.7. The van der Waals surface area contributed by atoms with Crippen LogP contribution < -0.4 is 10.9 Å². The SMILES string of the molecule is CC(C)c1ccc2[nH]c(=O)c(CNC(=O)c3ccncc3)cc2c1. The standard InChI is InChI=1S/C19H19N3O2/c1-12(2)14-3-4-17-15(9-14)10-16(19(24)22-17)11-21-18(23)13-5-7-20-8-6-13/h3-10,12H,11H2,1-2H3,(H,21,23)(H,22,24). The number of carbonyl (C=O) groups is 1. The molecular weight excluding hydrogens is 302 g/mol. The summed E-state index contributed by atoms with van der Waals surface area (Å²) in [4.78, 5) is 31.0. The van der Waals surface area contributed by atoms with Crippen LogP contribution >= 0.6 is 0 Å². The second-order valence-electron chi connectivity index (χ2n) is 6.04. The fraction of sp³-hybridized carbons (Fsp3) is 0.211. The monoisotopic (exact) mass is 321 g/mol. The van der Waals surface area contributed by atoms with E-state index < -0.39 is 0 Å². The highest BCUT2D eigenvalue weighted by atomic mass is 16.1. The zero-order valence-electron chi connectivity index (χ0n) is 13.7. The third-order valence-corrected chi connectivity index (χ3v) is 3.99. The van der Waals surface area contributed by atoms with E-state index in [1.807, 2.05) is 18.2 Å². The summed E-state index contributed by atoms with van der Waals surface area (Å²) in [6.45, 7) is 4.43. The van der Waals surface area contributed by atoms with Gasteiger partial charge in [0.25, 0.3) is 11.5 Å². The number of nitrogens with zero attached hydrogens (tertiary/aromatic N) is 1. The summed E-state index contributed by atoms with van der Waals surface area (Å²) in [6.07, 6.45) is 3.12. The molecule has 0 radical (unpaired) electrons. The van der Waals surface area contributed by atoms with Crippen molar-refractivity contribution in [2.45, 2.75) is 26.3 Å². The minimum atomic E-state index is -0.229. The molecule has 2 N–H and O–H groups in total. The van der Waals surface area contributed by atoms with Gasteiger partial charge in [-0.1, -0.05) is 19.9 Å². The lowest BCUT2D eigenvalue weighted by molar-refractivity contribution is 0.0950. The molecule has 0 aliphatic heterocycles. The van der Waals surface area contributed by atoms with Gasteiger partial charge in [-0.05, 0) is 47.2 Å². The normalized spacial score (nSPS) is 11.0. The summed E-state index contributed by atoms with van der Waals surface area (Å²) in [5.41, 5.74) is 2.87. The molecule has 5 nitrogen and oxygen atoms in total. The van der Waals surface area contributed by atoms with Crippen LogP contribution in [0.3, 0.4) is 0 Å². The second kappa shape index (κ2) is 6.66. The topological polar surface area (TPSA) is 74.8 Å². The smallest absolute Gasteiger partial charge is 0.253 e. The molecule has 3 aromatic rings. The van der Waals surface area contributed by atoms with Crippen molar-refractivity contribution in [2.75, 3.05) is 0 Å². The van der Waals surface area contributed by atoms with Crippen molar-refractivity contribution < 1.29 is 4.79 Å². The average molecular weight is 321 g/mol. The molecule has 3 rings (SSSR count). The van der Waals surface area contributed by atoms with Crippen LogP contribution in [0, 0.1) is 0 Å². The Morgan fingerprint density at radius 2 is 1.92 bits per heavy atom. The molecule has 0 aliphatic rings. The molecule has 0 saturated heterocycles. The van der Waals surface area contributed by atoms with Crippen LogP contribution in [0.5, 0.6) is 0 Å². The first-order valence-electron chi connectivity index (χ1n) is 7.88. The molecule has 0 aliphatic carbocycles. The summed E-state index contributed by atoms with van der Waals surface area (Å²) in [5, 5.41) is 3.74. The summed E-state index contributed by atoms with van der Waals surface area (Å²) in [7, 11) is 0.